The summed E-state index contributed by atoms with van der Waals surface area (Å²) in [5.41, 5.74) is -0.188. The van der Waals surface area contributed by atoms with E-state index in [0.29, 0.717) is 5.69 Å². The number of carbonyl (C=O) groups excluding carboxylic acids is 2. The maximum atomic E-state index is 13.6. The predicted molar refractivity (Wildman–Crippen MR) is 116 cm³/mol. The molecule has 6 nitrogen and oxygen atoms in total. The van der Waals surface area contributed by atoms with Crippen LogP contribution in [0.2, 0.25) is 0 Å². The molecule has 2 amide bonds. The Hall–Kier alpha value is -3.44. The largest absolute Gasteiger partial charge is 0.459 e. The quantitative estimate of drug-likeness (QED) is 0.361. The number of nitrogens with one attached hydrogen (secondary N) is 2. The van der Waals surface area contributed by atoms with Gasteiger partial charge in [-0.25, -0.2) is 4.98 Å². The zero-order valence-electron chi connectivity index (χ0n) is 16.1. The van der Waals surface area contributed by atoms with Gasteiger partial charge < -0.3 is 15.1 Å². The van der Waals surface area contributed by atoms with Gasteiger partial charge in [0.05, 0.1) is 29.6 Å². The van der Waals surface area contributed by atoms with Crippen molar-refractivity contribution in [2.45, 2.75) is 12.6 Å². The molecule has 0 saturated carbocycles. The molecule has 0 aliphatic carbocycles. The second kappa shape index (κ2) is 8.97. The van der Waals surface area contributed by atoms with E-state index in [1.807, 2.05) is 16.8 Å². The minimum absolute atomic E-state index is 0.0407. The van der Waals surface area contributed by atoms with Crippen molar-refractivity contribution >= 4 is 45.9 Å². The highest BCUT2D eigenvalue weighted by Crippen LogP contribution is 2.37. The predicted octanol–water partition coefficient (Wildman–Crippen LogP) is 5.92. The number of hydrogen-bond acceptors (Lipinski definition) is 6. The lowest BCUT2D eigenvalue weighted by Gasteiger charge is -2.15. The molecular formula is C21H14F3N3O3S2. The van der Waals surface area contributed by atoms with Crippen molar-refractivity contribution in [3.63, 3.8) is 0 Å². The van der Waals surface area contributed by atoms with Crippen LogP contribution in [-0.2, 0) is 17.4 Å². The van der Waals surface area contributed by atoms with Gasteiger partial charge in [-0.3, -0.25) is 9.59 Å². The number of alkyl halides is 3. The van der Waals surface area contributed by atoms with E-state index < -0.39 is 29.2 Å². The van der Waals surface area contributed by atoms with E-state index in [1.165, 1.54) is 47.1 Å². The highest BCUT2D eigenvalue weighted by Gasteiger charge is 2.34. The highest BCUT2D eigenvalue weighted by molar-refractivity contribution is 7.14. The lowest BCUT2D eigenvalue weighted by atomic mass is 10.1. The molecule has 0 spiro atoms. The molecule has 32 heavy (non-hydrogen) atoms. The van der Waals surface area contributed by atoms with Crippen molar-refractivity contribution in [2.75, 3.05) is 10.6 Å². The van der Waals surface area contributed by atoms with Gasteiger partial charge in [0, 0.05) is 22.0 Å². The third-order valence-corrected chi connectivity index (χ3v) is 5.89. The number of carbonyl (C=O) groups is 2. The molecule has 0 fully saturated rings. The zero-order valence-corrected chi connectivity index (χ0v) is 17.7. The first kappa shape index (κ1) is 21.8. The molecule has 3 heterocycles. The first-order valence-corrected chi connectivity index (χ1v) is 10.9. The number of benzene rings is 1. The van der Waals surface area contributed by atoms with Crippen LogP contribution >= 0.6 is 22.7 Å². The lowest BCUT2D eigenvalue weighted by molar-refractivity contribution is -0.136. The molecule has 164 valence electrons. The van der Waals surface area contributed by atoms with E-state index in [9.17, 15) is 22.8 Å². The molecule has 4 aromatic rings. The van der Waals surface area contributed by atoms with Crippen LogP contribution in [0.1, 0.15) is 21.8 Å². The number of amides is 2. The summed E-state index contributed by atoms with van der Waals surface area (Å²) in [6, 6.07) is 7.89. The number of thiophene rings is 1. The summed E-state index contributed by atoms with van der Waals surface area (Å²) in [4.78, 5) is 28.8. The number of halogens is 3. The van der Waals surface area contributed by atoms with Crippen molar-refractivity contribution in [3.8, 4) is 10.6 Å². The van der Waals surface area contributed by atoms with E-state index in [1.54, 1.807) is 5.38 Å². The highest BCUT2D eigenvalue weighted by atomic mass is 32.1. The van der Waals surface area contributed by atoms with Gasteiger partial charge in [0.1, 0.15) is 5.01 Å². The number of furan rings is 1. The maximum absolute atomic E-state index is 13.6. The number of aromatic nitrogens is 1. The van der Waals surface area contributed by atoms with E-state index in [2.05, 4.69) is 15.6 Å². The lowest BCUT2D eigenvalue weighted by Crippen LogP contribution is -2.19. The van der Waals surface area contributed by atoms with Crippen molar-refractivity contribution < 1.29 is 27.2 Å². The molecule has 11 heteroatoms. The molecule has 1 aromatic carbocycles. The summed E-state index contributed by atoms with van der Waals surface area (Å²) in [6.45, 7) is 0. The van der Waals surface area contributed by atoms with Crippen LogP contribution in [0.5, 0.6) is 0 Å². The number of nitrogens with zero attached hydrogens (tertiary/aromatic N) is 1. The zero-order chi connectivity index (χ0) is 22.7. The smallest absolute Gasteiger partial charge is 0.418 e. The fourth-order valence-electron chi connectivity index (χ4n) is 2.83. The summed E-state index contributed by atoms with van der Waals surface area (Å²) in [5.74, 6) is -1.36. The first-order chi connectivity index (χ1) is 15.3. The molecule has 0 atom stereocenters. The van der Waals surface area contributed by atoms with Crippen LogP contribution in [-0.4, -0.2) is 16.8 Å². The molecule has 0 bridgehead atoms. The van der Waals surface area contributed by atoms with Gasteiger partial charge in [-0.2, -0.15) is 24.5 Å². The fraction of sp³-hybridized carbons (Fsp3) is 0.0952. The Morgan fingerprint density at radius 3 is 2.62 bits per heavy atom. The summed E-state index contributed by atoms with van der Waals surface area (Å²) >= 11 is 2.87. The average Bonchev–Trinajstić information content (AvgIpc) is 3.50. The Morgan fingerprint density at radius 1 is 1.09 bits per heavy atom. The van der Waals surface area contributed by atoms with Crippen LogP contribution < -0.4 is 10.6 Å². The molecule has 4 rings (SSSR count). The molecule has 3 aromatic heterocycles. The summed E-state index contributed by atoms with van der Waals surface area (Å²) in [7, 11) is 0. The molecular weight excluding hydrogens is 463 g/mol. The molecule has 0 aliphatic heterocycles. The van der Waals surface area contributed by atoms with E-state index >= 15 is 0 Å². The van der Waals surface area contributed by atoms with Crippen molar-refractivity contribution in [1.29, 1.82) is 0 Å². The minimum Gasteiger partial charge on any atom is -0.459 e. The maximum Gasteiger partial charge on any atom is 0.418 e. The van der Waals surface area contributed by atoms with Gasteiger partial charge in [0.15, 0.2) is 5.76 Å². The molecule has 0 radical (unpaired) electrons. The fourth-order valence-corrected chi connectivity index (χ4v) is 4.36. The second-order valence-corrected chi connectivity index (χ2v) is 8.21. The van der Waals surface area contributed by atoms with Crippen LogP contribution in [0.15, 0.2) is 63.2 Å². The van der Waals surface area contributed by atoms with Crippen LogP contribution in [0.3, 0.4) is 0 Å². The van der Waals surface area contributed by atoms with Crippen LogP contribution in [0.25, 0.3) is 10.6 Å². The van der Waals surface area contributed by atoms with Gasteiger partial charge in [-0.05, 0) is 41.8 Å². The Labute approximate surface area is 187 Å². The van der Waals surface area contributed by atoms with Gasteiger partial charge >= 0.3 is 6.18 Å². The average molecular weight is 477 g/mol. The van der Waals surface area contributed by atoms with Crippen molar-refractivity contribution in [1.82, 2.24) is 4.98 Å². The van der Waals surface area contributed by atoms with Crippen LogP contribution in [0, 0.1) is 0 Å². The topological polar surface area (TPSA) is 84.2 Å². The Balaban J connectivity index is 1.48. The number of thiazole rings is 1. The van der Waals surface area contributed by atoms with Gasteiger partial charge in [-0.15, -0.1) is 11.3 Å². The summed E-state index contributed by atoms with van der Waals surface area (Å²) in [6.07, 6.45) is -3.64. The first-order valence-electron chi connectivity index (χ1n) is 9.12. The van der Waals surface area contributed by atoms with Crippen molar-refractivity contribution in [3.05, 3.63) is 75.8 Å². The monoisotopic (exact) mass is 477 g/mol. The van der Waals surface area contributed by atoms with Crippen molar-refractivity contribution in [2.24, 2.45) is 0 Å². The van der Waals surface area contributed by atoms with E-state index in [0.717, 1.165) is 22.7 Å². The Bertz CT molecular complexity index is 1230. The van der Waals surface area contributed by atoms with E-state index in [-0.39, 0.29) is 17.9 Å². The molecule has 0 unspecified atom stereocenters. The Kier molecular flexibility index (Phi) is 6.10. The summed E-state index contributed by atoms with van der Waals surface area (Å²) in [5, 5.41) is 10.9. The SMILES string of the molecule is O=C(Cc1csc(-c2ccsc2)n1)Nc1ccc(NC(=O)c2ccco2)cc1C(F)(F)F. The standard InChI is InChI=1S/C21H14F3N3O3S2/c22-21(23,24)15-8-13(25-19(29)17-2-1-6-30-17)3-4-16(15)27-18(28)9-14-11-32-20(26-14)12-5-7-31-10-12/h1-8,10-11H,9H2,(H,25,29)(H,27,28). The third kappa shape index (κ3) is 5.06. The summed E-state index contributed by atoms with van der Waals surface area (Å²) < 4.78 is 45.7. The Morgan fingerprint density at radius 2 is 1.94 bits per heavy atom. The van der Waals surface area contributed by atoms with Crippen LogP contribution in [0.4, 0.5) is 24.5 Å². The van der Waals surface area contributed by atoms with Gasteiger partial charge in [0.25, 0.3) is 5.91 Å². The van der Waals surface area contributed by atoms with Gasteiger partial charge in [0.2, 0.25) is 5.91 Å². The van der Waals surface area contributed by atoms with Gasteiger partial charge in [-0.1, -0.05) is 0 Å². The van der Waals surface area contributed by atoms with E-state index in [4.69, 9.17) is 4.42 Å². The second-order valence-electron chi connectivity index (χ2n) is 6.57. The number of hydrogen-bond donors (Lipinski definition) is 2. The third-order valence-electron chi connectivity index (χ3n) is 4.26. The normalized spacial score (nSPS) is 11.3. The molecule has 2 N–H and O–H groups in total. The molecule has 0 aliphatic rings. The number of anilines is 2. The number of rotatable bonds is 6. The molecule has 0 saturated heterocycles. The minimum atomic E-state index is -4.75.